The van der Waals surface area contributed by atoms with Crippen LogP contribution in [0.4, 0.5) is 0 Å². The van der Waals surface area contributed by atoms with Gasteiger partial charge in [-0.05, 0) is 48.0 Å². The van der Waals surface area contributed by atoms with Gasteiger partial charge in [0.25, 0.3) is 0 Å². The Morgan fingerprint density at radius 2 is 1.67 bits per heavy atom. The molecule has 4 rings (SSSR count). The van der Waals surface area contributed by atoms with Crippen LogP contribution in [0.15, 0.2) is 66.9 Å². The zero-order chi connectivity index (χ0) is 18.6. The van der Waals surface area contributed by atoms with Gasteiger partial charge in [-0.25, -0.2) is 9.97 Å². The summed E-state index contributed by atoms with van der Waals surface area (Å²) in [7, 11) is 3.26. The average Bonchev–Trinajstić information content (AvgIpc) is 3.11. The third-order valence-corrected chi connectivity index (χ3v) is 4.30. The molecular weight excluding hydrogens is 338 g/mol. The Kier molecular flexibility index (Phi) is 4.58. The maximum atomic E-state index is 5.38. The van der Waals surface area contributed by atoms with Gasteiger partial charge in [-0.1, -0.05) is 30.3 Å². The molecule has 0 spiro atoms. The fourth-order valence-corrected chi connectivity index (χ4v) is 3.01. The standard InChI is InChI=1S/C22H19N3O2/c1-26-19-12-10-16(15-20(19)27-2)11-13-22-24-17-7-3-4-8-18(17)25(22)21-9-5-6-14-23-21/h3-15H,1-2H3/b13-11+. The average molecular weight is 357 g/mol. The summed E-state index contributed by atoms with van der Waals surface area (Å²) in [4.78, 5) is 9.25. The summed E-state index contributed by atoms with van der Waals surface area (Å²) < 4.78 is 12.7. The molecule has 0 aliphatic rings. The number of nitrogens with zero attached hydrogens (tertiary/aromatic N) is 3. The molecule has 27 heavy (non-hydrogen) atoms. The summed E-state index contributed by atoms with van der Waals surface area (Å²) in [6.45, 7) is 0. The Balaban J connectivity index is 1.79. The zero-order valence-electron chi connectivity index (χ0n) is 15.2. The molecule has 0 fully saturated rings. The van der Waals surface area contributed by atoms with E-state index in [1.165, 1.54) is 0 Å². The van der Waals surface area contributed by atoms with Gasteiger partial charge in [0.05, 0.1) is 25.3 Å². The van der Waals surface area contributed by atoms with Gasteiger partial charge in [-0.2, -0.15) is 0 Å². The van der Waals surface area contributed by atoms with Crippen LogP contribution in [0.1, 0.15) is 11.4 Å². The van der Waals surface area contributed by atoms with Crippen LogP contribution in [0.2, 0.25) is 0 Å². The Morgan fingerprint density at radius 1 is 0.852 bits per heavy atom. The van der Waals surface area contributed by atoms with E-state index in [1.807, 2.05) is 77.4 Å². The first-order chi connectivity index (χ1) is 13.3. The molecule has 0 amide bonds. The van der Waals surface area contributed by atoms with E-state index in [0.29, 0.717) is 11.5 Å². The van der Waals surface area contributed by atoms with E-state index >= 15 is 0 Å². The molecule has 0 bridgehead atoms. The second-order valence-electron chi connectivity index (χ2n) is 5.93. The van der Waals surface area contributed by atoms with Crippen molar-refractivity contribution < 1.29 is 9.47 Å². The first kappa shape index (κ1) is 16.8. The smallest absolute Gasteiger partial charge is 0.161 e. The lowest BCUT2D eigenvalue weighted by atomic mass is 10.2. The number of imidazole rings is 1. The summed E-state index contributed by atoms with van der Waals surface area (Å²) in [6.07, 6.45) is 5.77. The van der Waals surface area contributed by atoms with Gasteiger partial charge in [-0.3, -0.25) is 4.57 Å². The second-order valence-corrected chi connectivity index (χ2v) is 5.93. The molecule has 0 aliphatic heterocycles. The van der Waals surface area contributed by atoms with E-state index in [-0.39, 0.29) is 0 Å². The number of hydrogen-bond acceptors (Lipinski definition) is 4. The number of fused-ring (bicyclic) bond motifs is 1. The van der Waals surface area contributed by atoms with Crippen LogP contribution in [0.5, 0.6) is 11.5 Å². The maximum Gasteiger partial charge on any atom is 0.161 e. The van der Waals surface area contributed by atoms with Crippen molar-refractivity contribution in [3.05, 3.63) is 78.2 Å². The van der Waals surface area contributed by atoms with Crippen LogP contribution in [0, 0.1) is 0 Å². The molecule has 0 aliphatic carbocycles. The van der Waals surface area contributed by atoms with Gasteiger partial charge < -0.3 is 9.47 Å². The van der Waals surface area contributed by atoms with Gasteiger partial charge in [0.15, 0.2) is 11.5 Å². The van der Waals surface area contributed by atoms with Crippen LogP contribution >= 0.6 is 0 Å². The summed E-state index contributed by atoms with van der Waals surface area (Å²) in [5.74, 6) is 3.04. The number of methoxy groups -OCH3 is 2. The highest BCUT2D eigenvalue weighted by molar-refractivity contribution is 5.82. The topological polar surface area (TPSA) is 49.2 Å². The highest BCUT2D eigenvalue weighted by Crippen LogP contribution is 2.28. The quantitative estimate of drug-likeness (QED) is 0.523. The van der Waals surface area contributed by atoms with Crippen molar-refractivity contribution >= 4 is 23.2 Å². The summed E-state index contributed by atoms with van der Waals surface area (Å²) in [5, 5.41) is 0. The van der Waals surface area contributed by atoms with E-state index < -0.39 is 0 Å². The zero-order valence-corrected chi connectivity index (χ0v) is 15.2. The molecular formula is C22H19N3O2. The van der Waals surface area contributed by atoms with Gasteiger partial charge in [0, 0.05) is 6.20 Å². The predicted molar refractivity (Wildman–Crippen MR) is 107 cm³/mol. The normalized spacial score (nSPS) is 11.2. The number of aromatic nitrogens is 3. The van der Waals surface area contributed by atoms with Crippen LogP contribution in [-0.4, -0.2) is 28.8 Å². The van der Waals surface area contributed by atoms with Crippen LogP contribution in [0.3, 0.4) is 0 Å². The largest absolute Gasteiger partial charge is 0.493 e. The van der Waals surface area contributed by atoms with Crippen molar-refractivity contribution in [2.24, 2.45) is 0 Å². The number of para-hydroxylation sites is 2. The lowest BCUT2D eigenvalue weighted by Gasteiger charge is -2.08. The minimum absolute atomic E-state index is 0.692. The highest BCUT2D eigenvalue weighted by Gasteiger charge is 2.11. The second kappa shape index (κ2) is 7.33. The molecule has 2 heterocycles. The maximum absolute atomic E-state index is 5.38. The van der Waals surface area contributed by atoms with Crippen LogP contribution in [0.25, 0.3) is 29.0 Å². The Labute approximate surface area is 157 Å². The van der Waals surface area contributed by atoms with Crippen molar-refractivity contribution in [2.75, 3.05) is 14.2 Å². The number of pyridine rings is 1. The monoisotopic (exact) mass is 357 g/mol. The van der Waals surface area contributed by atoms with E-state index in [9.17, 15) is 0 Å². The molecule has 5 nitrogen and oxygen atoms in total. The molecule has 2 aromatic heterocycles. The Morgan fingerprint density at radius 3 is 2.44 bits per heavy atom. The SMILES string of the molecule is COc1ccc(/C=C/c2nc3ccccc3n2-c2ccccn2)cc1OC. The third-order valence-electron chi connectivity index (χ3n) is 4.30. The molecule has 5 heteroatoms. The lowest BCUT2D eigenvalue weighted by molar-refractivity contribution is 0.355. The van der Waals surface area contributed by atoms with Crippen molar-refractivity contribution in [3.8, 4) is 17.3 Å². The lowest BCUT2D eigenvalue weighted by Crippen LogP contribution is -1.99. The van der Waals surface area contributed by atoms with Gasteiger partial charge in [0.2, 0.25) is 0 Å². The molecule has 0 radical (unpaired) electrons. The fraction of sp³-hybridized carbons (Fsp3) is 0.0909. The number of ether oxygens (including phenoxy) is 2. The fourth-order valence-electron chi connectivity index (χ4n) is 3.01. The minimum atomic E-state index is 0.692. The predicted octanol–water partition coefficient (Wildman–Crippen LogP) is 4.61. The van der Waals surface area contributed by atoms with E-state index in [4.69, 9.17) is 14.5 Å². The Bertz CT molecular complexity index is 1100. The van der Waals surface area contributed by atoms with Gasteiger partial charge >= 0.3 is 0 Å². The molecule has 0 saturated carbocycles. The van der Waals surface area contributed by atoms with Gasteiger partial charge in [0.1, 0.15) is 11.6 Å². The molecule has 0 atom stereocenters. The van der Waals surface area contributed by atoms with Crippen LogP contribution in [-0.2, 0) is 0 Å². The number of hydrogen-bond donors (Lipinski definition) is 0. The Hall–Kier alpha value is -3.60. The first-order valence-corrected chi connectivity index (χ1v) is 8.59. The summed E-state index contributed by atoms with van der Waals surface area (Å²) in [6, 6.07) is 19.7. The van der Waals surface area contributed by atoms with Crippen LogP contribution < -0.4 is 9.47 Å². The number of rotatable bonds is 5. The third kappa shape index (κ3) is 3.27. The molecule has 0 unspecified atom stereocenters. The first-order valence-electron chi connectivity index (χ1n) is 8.59. The van der Waals surface area contributed by atoms with E-state index in [2.05, 4.69) is 4.98 Å². The summed E-state index contributed by atoms with van der Waals surface area (Å²) in [5.41, 5.74) is 2.94. The minimum Gasteiger partial charge on any atom is -0.493 e. The molecule has 0 N–H and O–H groups in total. The highest BCUT2D eigenvalue weighted by atomic mass is 16.5. The van der Waals surface area contributed by atoms with Crippen molar-refractivity contribution in [1.82, 2.24) is 14.5 Å². The van der Waals surface area contributed by atoms with E-state index in [1.54, 1.807) is 20.4 Å². The molecule has 4 aromatic rings. The summed E-state index contributed by atoms with van der Waals surface area (Å²) >= 11 is 0. The van der Waals surface area contributed by atoms with E-state index in [0.717, 1.165) is 28.2 Å². The number of benzene rings is 2. The van der Waals surface area contributed by atoms with Gasteiger partial charge in [-0.15, -0.1) is 0 Å². The molecule has 2 aromatic carbocycles. The van der Waals surface area contributed by atoms with Crippen molar-refractivity contribution in [3.63, 3.8) is 0 Å². The van der Waals surface area contributed by atoms with Crippen molar-refractivity contribution in [1.29, 1.82) is 0 Å². The van der Waals surface area contributed by atoms with Crippen molar-refractivity contribution in [2.45, 2.75) is 0 Å². The molecule has 134 valence electrons. The molecule has 0 saturated heterocycles.